The van der Waals surface area contributed by atoms with Gasteiger partial charge in [0.25, 0.3) is 10.0 Å². The Morgan fingerprint density at radius 1 is 0.865 bits per heavy atom. The molecule has 6 nitrogen and oxygen atoms in total. The highest BCUT2D eigenvalue weighted by Crippen LogP contribution is 2.35. The number of rotatable bonds is 8. The van der Waals surface area contributed by atoms with Crippen molar-refractivity contribution >= 4 is 15.8 Å². The van der Waals surface area contributed by atoms with E-state index < -0.39 is 10.0 Å². The second-order valence-electron chi connectivity index (χ2n) is 10.3. The second kappa shape index (κ2) is 10.7. The average Bonchev–Trinajstić information content (AvgIpc) is 2.84. The molecule has 1 aromatic heterocycles. The molecule has 0 unspecified atom stereocenters. The third kappa shape index (κ3) is 6.54. The van der Waals surface area contributed by atoms with Crippen LogP contribution in [0, 0.1) is 19.3 Å². The Kier molecular flexibility index (Phi) is 7.64. The minimum Gasteiger partial charge on any atom is -0.494 e. The molecule has 0 atom stereocenters. The van der Waals surface area contributed by atoms with Gasteiger partial charge in [0.1, 0.15) is 5.75 Å². The lowest BCUT2D eigenvalue weighted by atomic mass is 9.93. The van der Waals surface area contributed by atoms with Crippen molar-refractivity contribution in [2.24, 2.45) is 5.41 Å². The van der Waals surface area contributed by atoms with Crippen molar-refractivity contribution in [3.63, 3.8) is 0 Å². The van der Waals surface area contributed by atoms with E-state index in [0.717, 1.165) is 34.4 Å². The lowest BCUT2D eigenvalue weighted by Gasteiger charge is -2.18. The summed E-state index contributed by atoms with van der Waals surface area (Å²) in [6.07, 6.45) is 2.39. The monoisotopic (exact) mass is 515 g/mol. The first-order chi connectivity index (χ1) is 17.5. The first kappa shape index (κ1) is 26.4. The number of aryl methyl sites for hydroxylation is 2. The Labute approximate surface area is 219 Å². The zero-order valence-corrected chi connectivity index (χ0v) is 22.8. The minimum absolute atomic E-state index is 0.155. The van der Waals surface area contributed by atoms with Gasteiger partial charge in [-0.1, -0.05) is 69.3 Å². The van der Waals surface area contributed by atoms with Crippen molar-refractivity contribution in [1.29, 1.82) is 0 Å². The van der Waals surface area contributed by atoms with E-state index in [0.29, 0.717) is 18.0 Å². The molecule has 7 heteroatoms. The Hall–Kier alpha value is -3.71. The predicted octanol–water partition coefficient (Wildman–Crippen LogP) is 7.04. The summed E-state index contributed by atoms with van der Waals surface area (Å²) in [5, 5.41) is 0. The highest BCUT2D eigenvalue weighted by Gasteiger charge is 2.20. The van der Waals surface area contributed by atoms with Gasteiger partial charge in [0.05, 0.1) is 29.1 Å². The van der Waals surface area contributed by atoms with Gasteiger partial charge in [-0.3, -0.25) is 9.71 Å². The van der Waals surface area contributed by atoms with E-state index in [2.05, 4.69) is 25.5 Å². The molecule has 0 fully saturated rings. The Morgan fingerprint density at radius 2 is 1.54 bits per heavy atom. The molecule has 0 amide bonds. The molecular formula is C30H33N3O3S. The van der Waals surface area contributed by atoms with Crippen LogP contribution in [-0.2, 0) is 10.0 Å². The Balaban J connectivity index is 1.76. The van der Waals surface area contributed by atoms with E-state index in [1.807, 2.05) is 56.3 Å². The number of ether oxygens (including phenoxy) is 1. The summed E-state index contributed by atoms with van der Waals surface area (Å²) < 4.78 is 34.5. The van der Waals surface area contributed by atoms with E-state index in [1.54, 1.807) is 30.3 Å². The number of nitrogens with one attached hydrogen (secondary N) is 1. The summed E-state index contributed by atoms with van der Waals surface area (Å²) in [7, 11) is -3.81. The maximum absolute atomic E-state index is 13.0. The minimum atomic E-state index is -3.81. The summed E-state index contributed by atoms with van der Waals surface area (Å²) in [4.78, 5) is 9.64. The average molecular weight is 516 g/mol. The number of hydrogen-bond donors (Lipinski definition) is 1. The van der Waals surface area contributed by atoms with Gasteiger partial charge in [-0.05, 0) is 61.1 Å². The summed E-state index contributed by atoms with van der Waals surface area (Å²) in [6.45, 7) is 11.2. The zero-order chi connectivity index (χ0) is 26.6. The third-order valence-corrected chi connectivity index (χ3v) is 7.38. The van der Waals surface area contributed by atoms with Crippen LogP contribution in [0.2, 0.25) is 0 Å². The molecule has 0 bridgehead atoms. The van der Waals surface area contributed by atoms with Crippen LogP contribution in [0.15, 0.2) is 83.9 Å². The van der Waals surface area contributed by atoms with Crippen LogP contribution in [0.4, 0.5) is 5.82 Å². The van der Waals surface area contributed by atoms with Crippen LogP contribution >= 0.6 is 0 Å². The van der Waals surface area contributed by atoms with Gasteiger partial charge in [0.2, 0.25) is 0 Å². The summed E-state index contributed by atoms with van der Waals surface area (Å²) >= 11 is 0. The molecular weight excluding hydrogens is 482 g/mol. The summed E-state index contributed by atoms with van der Waals surface area (Å²) in [5.41, 5.74) is 5.26. The van der Waals surface area contributed by atoms with Crippen molar-refractivity contribution in [2.75, 3.05) is 11.3 Å². The quantitative estimate of drug-likeness (QED) is 0.272. The summed E-state index contributed by atoms with van der Waals surface area (Å²) in [5.74, 6) is 0.910. The molecule has 4 rings (SSSR count). The number of benzene rings is 3. The van der Waals surface area contributed by atoms with Gasteiger partial charge >= 0.3 is 0 Å². The van der Waals surface area contributed by atoms with E-state index >= 15 is 0 Å². The molecule has 0 radical (unpaired) electrons. The van der Waals surface area contributed by atoms with E-state index in [-0.39, 0.29) is 16.1 Å². The Morgan fingerprint density at radius 3 is 2.22 bits per heavy atom. The van der Waals surface area contributed by atoms with Crippen molar-refractivity contribution < 1.29 is 13.2 Å². The largest absolute Gasteiger partial charge is 0.494 e. The van der Waals surface area contributed by atoms with Crippen molar-refractivity contribution in [1.82, 2.24) is 9.97 Å². The van der Waals surface area contributed by atoms with Crippen molar-refractivity contribution in [3.05, 3.63) is 90.1 Å². The zero-order valence-electron chi connectivity index (χ0n) is 21.9. The molecule has 1 heterocycles. The van der Waals surface area contributed by atoms with Gasteiger partial charge in [-0.25, -0.2) is 13.4 Å². The fourth-order valence-electron chi connectivity index (χ4n) is 4.02. The lowest BCUT2D eigenvalue weighted by molar-refractivity contribution is 0.243. The molecule has 37 heavy (non-hydrogen) atoms. The fourth-order valence-corrected chi connectivity index (χ4v) is 5.02. The number of nitrogens with zero attached hydrogens (tertiary/aromatic N) is 2. The van der Waals surface area contributed by atoms with Crippen LogP contribution in [0.1, 0.15) is 38.3 Å². The first-order valence-electron chi connectivity index (χ1n) is 12.3. The first-order valence-corrected chi connectivity index (χ1v) is 13.8. The smallest absolute Gasteiger partial charge is 0.263 e. The number of anilines is 1. The molecule has 0 aliphatic rings. The molecule has 1 N–H and O–H groups in total. The molecule has 0 saturated heterocycles. The number of aromatic nitrogens is 2. The van der Waals surface area contributed by atoms with Gasteiger partial charge in [-0.15, -0.1) is 0 Å². The highest BCUT2D eigenvalue weighted by atomic mass is 32.2. The Bertz CT molecular complexity index is 1470. The number of sulfonamides is 1. The van der Waals surface area contributed by atoms with Crippen molar-refractivity contribution in [3.8, 4) is 28.3 Å². The van der Waals surface area contributed by atoms with Gasteiger partial charge in [0, 0.05) is 11.1 Å². The highest BCUT2D eigenvalue weighted by molar-refractivity contribution is 7.92. The van der Waals surface area contributed by atoms with E-state index in [4.69, 9.17) is 14.7 Å². The van der Waals surface area contributed by atoms with Crippen LogP contribution < -0.4 is 9.46 Å². The molecule has 0 aliphatic carbocycles. The summed E-state index contributed by atoms with van der Waals surface area (Å²) in [6, 6.07) is 22.0. The maximum atomic E-state index is 13.0. The molecule has 4 aromatic rings. The standard InChI is InChI=1S/C30H33N3O3S/c1-21-11-9-12-22(2)27(21)29-28(23-13-10-14-24(19-23)36-18-17-30(3,4)5)31-20-26(32-29)33-37(34,35)25-15-7-6-8-16-25/h6-16,19-20H,17-18H2,1-5H3,(H,32,33). The van der Waals surface area contributed by atoms with Crippen LogP contribution in [0.3, 0.4) is 0 Å². The topological polar surface area (TPSA) is 81.2 Å². The second-order valence-corrected chi connectivity index (χ2v) is 12.0. The van der Waals surface area contributed by atoms with Gasteiger partial charge < -0.3 is 4.74 Å². The van der Waals surface area contributed by atoms with Crippen LogP contribution in [0.5, 0.6) is 5.75 Å². The van der Waals surface area contributed by atoms with Crippen LogP contribution in [0.25, 0.3) is 22.5 Å². The molecule has 0 saturated carbocycles. The van der Waals surface area contributed by atoms with E-state index in [1.165, 1.54) is 6.20 Å². The normalized spacial score (nSPS) is 11.8. The molecule has 192 valence electrons. The molecule has 0 spiro atoms. The van der Waals surface area contributed by atoms with Crippen LogP contribution in [-0.4, -0.2) is 25.0 Å². The SMILES string of the molecule is Cc1cccc(C)c1-c1nc(NS(=O)(=O)c2ccccc2)cnc1-c1cccc(OCCC(C)(C)C)c1. The molecule has 3 aromatic carbocycles. The number of hydrogen-bond acceptors (Lipinski definition) is 5. The van der Waals surface area contributed by atoms with Crippen molar-refractivity contribution in [2.45, 2.75) is 45.9 Å². The van der Waals surface area contributed by atoms with Gasteiger partial charge in [0.15, 0.2) is 5.82 Å². The maximum Gasteiger partial charge on any atom is 0.263 e. The van der Waals surface area contributed by atoms with Gasteiger partial charge in [-0.2, -0.15) is 0 Å². The fraction of sp³-hybridized carbons (Fsp3) is 0.267. The van der Waals surface area contributed by atoms with E-state index in [9.17, 15) is 8.42 Å². The third-order valence-electron chi connectivity index (χ3n) is 6.01. The predicted molar refractivity (Wildman–Crippen MR) is 149 cm³/mol. The lowest BCUT2D eigenvalue weighted by Crippen LogP contribution is -2.14. The molecule has 0 aliphatic heterocycles.